The average Bonchev–Trinajstić information content (AvgIpc) is 2.79. The quantitative estimate of drug-likeness (QED) is 0.316. The molecule has 150 valence electrons. The normalized spacial score (nSPS) is 11.1. The van der Waals surface area contributed by atoms with E-state index in [4.69, 9.17) is 4.74 Å². The number of rotatable bonds is 11. The topological polar surface area (TPSA) is 22.1 Å². The number of pyridine rings is 1. The summed E-state index contributed by atoms with van der Waals surface area (Å²) in [6.45, 7) is 3.06. The van der Waals surface area contributed by atoms with Crippen molar-refractivity contribution >= 4 is 12.2 Å². The standard InChI is InChI=1S/C27H31NO/c1-2-3-4-5-6-7-22-29-27-16-14-26(15-17-27)25-12-10-23(11-13-25)8-9-24-18-20-28-21-19-24/h8-21H,2-7,22H2,1H3. The van der Waals surface area contributed by atoms with Gasteiger partial charge in [-0.25, -0.2) is 0 Å². The Morgan fingerprint density at radius 1 is 0.655 bits per heavy atom. The lowest BCUT2D eigenvalue weighted by Gasteiger charge is -2.08. The van der Waals surface area contributed by atoms with Crippen molar-refractivity contribution in [3.8, 4) is 16.9 Å². The molecule has 0 aliphatic heterocycles. The fourth-order valence-electron chi connectivity index (χ4n) is 3.27. The van der Waals surface area contributed by atoms with Gasteiger partial charge in [0, 0.05) is 12.4 Å². The largest absolute Gasteiger partial charge is 0.494 e. The molecule has 0 saturated heterocycles. The summed E-state index contributed by atoms with van der Waals surface area (Å²) in [5, 5.41) is 0. The first-order chi connectivity index (χ1) is 14.3. The fraction of sp³-hybridized carbons (Fsp3) is 0.296. The average molecular weight is 386 g/mol. The molecule has 2 aromatic carbocycles. The van der Waals surface area contributed by atoms with Crippen molar-refractivity contribution in [3.05, 3.63) is 84.2 Å². The van der Waals surface area contributed by atoms with Crippen LogP contribution >= 0.6 is 0 Å². The highest BCUT2D eigenvalue weighted by molar-refractivity contribution is 5.72. The van der Waals surface area contributed by atoms with E-state index in [1.54, 1.807) is 0 Å². The highest BCUT2D eigenvalue weighted by Crippen LogP contribution is 2.23. The zero-order chi connectivity index (χ0) is 20.2. The molecule has 3 rings (SSSR count). The molecule has 0 bridgehead atoms. The molecule has 2 nitrogen and oxygen atoms in total. The van der Waals surface area contributed by atoms with Gasteiger partial charge in [0.05, 0.1) is 6.61 Å². The Bertz CT molecular complexity index is 851. The Morgan fingerprint density at radius 3 is 1.86 bits per heavy atom. The number of benzene rings is 2. The van der Waals surface area contributed by atoms with Gasteiger partial charge in [-0.1, -0.05) is 87.6 Å². The van der Waals surface area contributed by atoms with Crippen molar-refractivity contribution in [2.24, 2.45) is 0 Å². The number of aromatic nitrogens is 1. The Kier molecular flexibility index (Phi) is 8.53. The van der Waals surface area contributed by atoms with E-state index in [9.17, 15) is 0 Å². The third-order valence-corrected chi connectivity index (χ3v) is 5.04. The predicted molar refractivity (Wildman–Crippen MR) is 124 cm³/mol. The van der Waals surface area contributed by atoms with Crippen molar-refractivity contribution in [3.63, 3.8) is 0 Å². The zero-order valence-corrected chi connectivity index (χ0v) is 17.4. The highest BCUT2D eigenvalue weighted by Gasteiger charge is 2.00. The van der Waals surface area contributed by atoms with Crippen LogP contribution in [0.4, 0.5) is 0 Å². The molecule has 1 aromatic heterocycles. The molecule has 0 radical (unpaired) electrons. The van der Waals surface area contributed by atoms with Crippen LogP contribution < -0.4 is 4.74 Å². The van der Waals surface area contributed by atoms with Crippen LogP contribution in [-0.2, 0) is 0 Å². The molecular formula is C27H31NO. The molecule has 0 amide bonds. The minimum absolute atomic E-state index is 0.810. The Hall–Kier alpha value is -2.87. The van der Waals surface area contributed by atoms with Gasteiger partial charge in [-0.05, 0) is 52.9 Å². The van der Waals surface area contributed by atoms with Crippen LogP contribution in [0.1, 0.15) is 56.6 Å². The lowest BCUT2D eigenvalue weighted by molar-refractivity contribution is 0.304. The lowest BCUT2D eigenvalue weighted by Crippen LogP contribution is -1.97. The second kappa shape index (κ2) is 11.9. The second-order valence-corrected chi connectivity index (χ2v) is 7.38. The van der Waals surface area contributed by atoms with Crippen molar-refractivity contribution in [1.29, 1.82) is 0 Å². The maximum Gasteiger partial charge on any atom is 0.119 e. The molecule has 0 atom stereocenters. The summed E-state index contributed by atoms with van der Waals surface area (Å²) in [5.74, 6) is 0.958. The molecule has 2 heteroatoms. The van der Waals surface area contributed by atoms with E-state index in [-0.39, 0.29) is 0 Å². The first-order valence-electron chi connectivity index (χ1n) is 10.8. The summed E-state index contributed by atoms with van der Waals surface area (Å²) in [7, 11) is 0. The molecule has 0 aliphatic carbocycles. The Labute approximate surface area is 175 Å². The Morgan fingerprint density at radius 2 is 1.21 bits per heavy atom. The van der Waals surface area contributed by atoms with Crippen molar-refractivity contribution in [2.75, 3.05) is 6.61 Å². The van der Waals surface area contributed by atoms with Gasteiger partial charge < -0.3 is 4.74 Å². The van der Waals surface area contributed by atoms with Gasteiger partial charge in [-0.2, -0.15) is 0 Å². The Balaban J connectivity index is 1.47. The summed E-state index contributed by atoms with van der Waals surface area (Å²) in [5.41, 5.74) is 4.76. The van der Waals surface area contributed by atoms with Crippen LogP contribution in [0.3, 0.4) is 0 Å². The molecule has 3 aromatic rings. The summed E-state index contributed by atoms with van der Waals surface area (Å²) in [6.07, 6.45) is 15.6. The molecule has 0 unspecified atom stereocenters. The third-order valence-electron chi connectivity index (χ3n) is 5.04. The van der Waals surface area contributed by atoms with E-state index < -0.39 is 0 Å². The third kappa shape index (κ3) is 7.23. The van der Waals surface area contributed by atoms with Gasteiger partial charge >= 0.3 is 0 Å². The number of nitrogens with zero attached hydrogens (tertiary/aromatic N) is 1. The summed E-state index contributed by atoms with van der Waals surface area (Å²) >= 11 is 0. The van der Waals surface area contributed by atoms with Crippen molar-refractivity contribution in [2.45, 2.75) is 45.4 Å². The minimum atomic E-state index is 0.810. The number of ether oxygens (including phenoxy) is 1. The summed E-state index contributed by atoms with van der Waals surface area (Å²) < 4.78 is 5.88. The maximum atomic E-state index is 5.88. The van der Waals surface area contributed by atoms with E-state index in [1.165, 1.54) is 48.8 Å². The van der Waals surface area contributed by atoms with Gasteiger partial charge in [0.2, 0.25) is 0 Å². The zero-order valence-electron chi connectivity index (χ0n) is 17.4. The van der Waals surface area contributed by atoms with Crippen molar-refractivity contribution < 1.29 is 4.74 Å². The van der Waals surface area contributed by atoms with Gasteiger partial charge in [0.15, 0.2) is 0 Å². The maximum absolute atomic E-state index is 5.88. The van der Waals surface area contributed by atoms with Crippen molar-refractivity contribution in [1.82, 2.24) is 4.98 Å². The summed E-state index contributed by atoms with van der Waals surface area (Å²) in [6, 6.07) is 21.1. The van der Waals surface area contributed by atoms with Gasteiger partial charge in [0.1, 0.15) is 5.75 Å². The number of unbranched alkanes of at least 4 members (excludes halogenated alkanes) is 5. The van der Waals surface area contributed by atoms with E-state index in [0.717, 1.165) is 24.3 Å². The predicted octanol–water partition coefficient (Wildman–Crippen LogP) is 7.66. The molecule has 0 N–H and O–H groups in total. The molecule has 0 aliphatic rings. The van der Waals surface area contributed by atoms with E-state index in [1.807, 2.05) is 24.5 Å². The van der Waals surface area contributed by atoms with E-state index >= 15 is 0 Å². The molecule has 0 spiro atoms. The molecular weight excluding hydrogens is 354 g/mol. The van der Waals surface area contributed by atoms with Gasteiger partial charge in [0.25, 0.3) is 0 Å². The lowest BCUT2D eigenvalue weighted by atomic mass is 10.0. The molecule has 0 fully saturated rings. The monoisotopic (exact) mass is 385 g/mol. The molecule has 0 saturated carbocycles. The van der Waals surface area contributed by atoms with E-state index in [0.29, 0.717) is 0 Å². The van der Waals surface area contributed by atoms with Crippen LogP contribution in [0.2, 0.25) is 0 Å². The van der Waals surface area contributed by atoms with Crippen LogP contribution in [0.5, 0.6) is 5.75 Å². The first-order valence-corrected chi connectivity index (χ1v) is 10.8. The van der Waals surface area contributed by atoms with Gasteiger partial charge in [-0.15, -0.1) is 0 Å². The molecule has 1 heterocycles. The van der Waals surface area contributed by atoms with Crippen LogP contribution in [-0.4, -0.2) is 11.6 Å². The van der Waals surface area contributed by atoms with Crippen LogP contribution in [0, 0.1) is 0 Å². The summed E-state index contributed by atoms with van der Waals surface area (Å²) in [4.78, 5) is 4.04. The minimum Gasteiger partial charge on any atom is -0.494 e. The SMILES string of the molecule is CCCCCCCCOc1ccc(-c2ccc(C=Cc3ccncc3)cc2)cc1. The number of hydrogen-bond donors (Lipinski definition) is 0. The van der Waals surface area contributed by atoms with Crippen LogP contribution in [0.15, 0.2) is 73.1 Å². The molecule has 29 heavy (non-hydrogen) atoms. The first kappa shape index (κ1) is 20.9. The van der Waals surface area contributed by atoms with Crippen LogP contribution in [0.25, 0.3) is 23.3 Å². The highest BCUT2D eigenvalue weighted by atomic mass is 16.5. The fourth-order valence-corrected chi connectivity index (χ4v) is 3.27. The van der Waals surface area contributed by atoms with E-state index in [2.05, 4.69) is 72.6 Å². The smallest absolute Gasteiger partial charge is 0.119 e. The second-order valence-electron chi connectivity index (χ2n) is 7.38. The number of hydrogen-bond acceptors (Lipinski definition) is 2. The van der Waals surface area contributed by atoms with Gasteiger partial charge in [-0.3, -0.25) is 4.98 Å².